The second-order valence-electron chi connectivity index (χ2n) is 5.65. The summed E-state index contributed by atoms with van der Waals surface area (Å²) in [5.74, 6) is 1.32. The predicted molar refractivity (Wildman–Crippen MR) is 105 cm³/mol. The molecule has 3 aromatic rings. The van der Waals surface area contributed by atoms with E-state index in [1.165, 1.54) is 0 Å². The minimum Gasteiger partial charge on any atom is -0.444 e. The van der Waals surface area contributed by atoms with Crippen LogP contribution in [-0.2, 0) is 13.1 Å². The minimum atomic E-state index is 0.503. The van der Waals surface area contributed by atoms with Crippen molar-refractivity contribution in [3.05, 3.63) is 77.1 Å². The number of hydrogen-bond donors (Lipinski definition) is 2. The Hall–Kier alpha value is -2.79. The molecule has 1 heterocycles. The maximum atomic E-state index is 6.19. The van der Waals surface area contributed by atoms with Gasteiger partial charge in [0.1, 0.15) is 6.26 Å². The topological polar surface area (TPSA) is 62.5 Å². The van der Waals surface area contributed by atoms with Gasteiger partial charge in [-0.2, -0.15) is 0 Å². The van der Waals surface area contributed by atoms with E-state index >= 15 is 0 Å². The van der Waals surface area contributed by atoms with E-state index in [-0.39, 0.29) is 0 Å². The van der Waals surface area contributed by atoms with Crippen molar-refractivity contribution in [1.82, 2.24) is 15.6 Å². The monoisotopic (exact) mass is 368 g/mol. The molecule has 26 heavy (non-hydrogen) atoms. The Kier molecular flexibility index (Phi) is 6.28. The van der Waals surface area contributed by atoms with Crippen LogP contribution in [0.3, 0.4) is 0 Å². The minimum absolute atomic E-state index is 0.503. The van der Waals surface area contributed by atoms with E-state index in [2.05, 4.69) is 20.6 Å². The van der Waals surface area contributed by atoms with Crippen LogP contribution in [0.2, 0.25) is 5.02 Å². The number of oxazole rings is 1. The molecular formula is C20H21ClN4O. The molecule has 5 nitrogen and oxygen atoms in total. The Morgan fingerprint density at radius 3 is 2.62 bits per heavy atom. The smallest absolute Gasteiger partial charge is 0.226 e. The van der Waals surface area contributed by atoms with Crippen LogP contribution < -0.4 is 10.6 Å². The van der Waals surface area contributed by atoms with E-state index in [0.29, 0.717) is 24.9 Å². The van der Waals surface area contributed by atoms with Gasteiger partial charge in [-0.05, 0) is 30.7 Å². The fraction of sp³-hybridized carbons (Fsp3) is 0.200. The van der Waals surface area contributed by atoms with Crippen molar-refractivity contribution in [1.29, 1.82) is 0 Å². The van der Waals surface area contributed by atoms with Gasteiger partial charge in [-0.1, -0.05) is 48.0 Å². The molecule has 0 aliphatic rings. The van der Waals surface area contributed by atoms with Gasteiger partial charge >= 0.3 is 0 Å². The number of rotatable bonds is 6. The average molecular weight is 369 g/mol. The molecular weight excluding hydrogens is 348 g/mol. The zero-order valence-electron chi connectivity index (χ0n) is 14.6. The molecule has 0 amide bonds. The van der Waals surface area contributed by atoms with Crippen molar-refractivity contribution in [2.45, 2.75) is 20.0 Å². The molecule has 0 aliphatic carbocycles. The molecule has 3 rings (SSSR count). The number of halogens is 1. The molecule has 2 aromatic carbocycles. The summed E-state index contributed by atoms with van der Waals surface area (Å²) in [6.07, 6.45) is 1.66. The zero-order chi connectivity index (χ0) is 18.2. The summed E-state index contributed by atoms with van der Waals surface area (Å²) in [6, 6.07) is 17.5. The van der Waals surface area contributed by atoms with Crippen molar-refractivity contribution >= 4 is 17.6 Å². The highest BCUT2D eigenvalue weighted by Gasteiger charge is 2.07. The quantitative estimate of drug-likeness (QED) is 0.504. The van der Waals surface area contributed by atoms with E-state index in [9.17, 15) is 0 Å². The maximum Gasteiger partial charge on any atom is 0.226 e. The van der Waals surface area contributed by atoms with E-state index < -0.39 is 0 Å². The van der Waals surface area contributed by atoms with Crippen molar-refractivity contribution in [3.63, 3.8) is 0 Å². The van der Waals surface area contributed by atoms with Gasteiger partial charge < -0.3 is 15.1 Å². The summed E-state index contributed by atoms with van der Waals surface area (Å²) in [4.78, 5) is 9.09. The number of benzene rings is 2. The zero-order valence-corrected chi connectivity index (χ0v) is 15.3. The molecule has 1 aromatic heterocycles. The maximum absolute atomic E-state index is 6.19. The van der Waals surface area contributed by atoms with Crippen molar-refractivity contribution < 1.29 is 4.42 Å². The van der Waals surface area contributed by atoms with Crippen LogP contribution in [0.5, 0.6) is 0 Å². The standard InChI is InChI=1S/C20H21ClN4O/c1-2-22-20(23-12-16-10-6-7-11-18(16)21)24-13-17-14-26-19(25-17)15-8-4-3-5-9-15/h3-11,14H,2,12-13H2,1H3,(H2,22,23,24). The molecule has 0 radical (unpaired) electrons. The lowest BCUT2D eigenvalue weighted by molar-refractivity contribution is 0.572. The molecule has 134 valence electrons. The molecule has 0 atom stereocenters. The van der Waals surface area contributed by atoms with Crippen LogP contribution in [-0.4, -0.2) is 17.5 Å². The Morgan fingerprint density at radius 1 is 1.08 bits per heavy atom. The lowest BCUT2D eigenvalue weighted by atomic mass is 10.2. The SMILES string of the molecule is CCNC(=NCc1ccccc1Cl)NCc1coc(-c2ccccc2)n1. The first kappa shape index (κ1) is 18.0. The lowest BCUT2D eigenvalue weighted by Crippen LogP contribution is -2.36. The summed E-state index contributed by atoms with van der Waals surface area (Å²) in [5.41, 5.74) is 2.75. The summed E-state index contributed by atoms with van der Waals surface area (Å²) < 4.78 is 5.56. The Balaban J connectivity index is 1.63. The third-order valence-electron chi connectivity index (χ3n) is 3.72. The van der Waals surface area contributed by atoms with Gasteiger partial charge in [0.25, 0.3) is 0 Å². The van der Waals surface area contributed by atoms with Gasteiger partial charge in [0.05, 0.1) is 18.8 Å². The van der Waals surface area contributed by atoms with Crippen LogP contribution in [0.15, 0.2) is 70.3 Å². The fourth-order valence-electron chi connectivity index (χ4n) is 2.41. The molecule has 6 heteroatoms. The second kappa shape index (κ2) is 9.06. The second-order valence-corrected chi connectivity index (χ2v) is 6.06. The van der Waals surface area contributed by atoms with Gasteiger partial charge in [-0.15, -0.1) is 0 Å². The number of guanidine groups is 1. The van der Waals surface area contributed by atoms with E-state index in [1.54, 1.807) is 6.26 Å². The third kappa shape index (κ3) is 4.86. The highest BCUT2D eigenvalue weighted by molar-refractivity contribution is 6.31. The molecule has 0 aliphatic heterocycles. The van der Waals surface area contributed by atoms with Gasteiger partial charge in [0.2, 0.25) is 5.89 Å². The van der Waals surface area contributed by atoms with Crippen molar-refractivity contribution in [3.8, 4) is 11.5 Å². The largest absolute Gasteiger partial charge is 0.444 e. The van der Waals surface area contributed by atoms with Crippen molar-refractivity contribution in [2.24, 2.45) is 4.99 Å². The Labute approximate surface area is 158 Å². The first-order valence-corrected chi connectivity index (χ1v) is 8.89. The number of hydrogen-bond acceptors (Lipinski definition) is 3. The van der Waals surface area contributed by atoms with E-state index in [4.69, 9.17) is 16.0 Å². The Morgan fingerprint density at radius 2 is 1.85 bits per heavy atom. The molecule has 0 fully saturated rings. The van der Waals surface area contributed by atoms with Crippen LogP contribution in [0, 0.1) is 0 Å². The third-order valence-corrected chi connectivity index (χ3v) is 4.09. The molecule has 0 saturated heterocycles. The first-order chi connectivity index (χ1) is 12.8. The number of aromatic nitrogens is 1. The highest BCUT2D eigenvalue weighted by atomic mass is 35.5. The van der Waals surface area contributed by atoms with Crippen molar-refractivity contribution in [2.75, 3.05) is 6.54 Å². The van der Waals surface area contributed by atoms with Crippen LogP contribution in [0.25, 0.3) is 11.5 Å². The average Bonchev–Trinajstić information content (AvgIpc) is 3.15. The van der Waals surface area contributed by atoms with E-state index in [1.807, 2.05) is 61.5 Å². The summed E-state index contributed by atoms with van der Waals surface area (Å²) in [5, 5.41) is 7.20. The molecule has 0 saturated carbocycles. The number of nitrogens with one attached hydrogen (secondary N) is 2. The fourth-order valence-corrected chi connectivity index (χ4v) is 2.60. The number of aliphatic imine (C=N–C) groups is 1. The van der Waals surface area contributed by atoms with Crippen LogP contribution >= 0.6 is 11.6 Å². The van der Waals surface area contributed by atoms with Gasteiger partial charge in [-0.3, -0.25) is 0 Å². The first-order valence-electron chi connectivity index (χ1n) is 8.51. The summed E-state index contributed by atoms with van der Waals surface area (Å²) >= 11 is 6.19. The van der Waals surface area contributed by atoms with Gasteiger partial charge in [-0.25, -0.2) is 9.98 Å². The highest BCUT2D eigenvalue weighted by Crippen LogP contribution is 2.18. The van der Waals surface area contributed by atoms with Gasteiger partial charge in [0.15, 0.2) is 5.96 Å². The molecule has 0 unspecified atom stereocenters. The predicted octanol–water partition coefficient (Wildman–Crippen LogP) is 4.25. The molecule has 2 N–H and O–H groups in total. The number of nitrogens with zero attached hydrogens (tertiary/aromatic N) is 2. The van der Waals surface area contributed by atoms with Crippen LogP contribution in [0.1, 0.15) is 18.2 Å². The van der Waals surface area contributed by atoms with Gasteiger partial charge in [0, 0.05) is 17.1 Å². The molecule has 0 spiro atoms. The lowest BCUT2D eigenvalue weighted by Gasteiger charge is -2.10. The normalized spacial score (nSPS) is 11.4. The Bertz CT molecular complexity index is 861. The summed E-state index contributed by atoms with van der Waals surface area (Å²) in [6.45, 7) is 3.81. The van der Waals surface area contributed by atoms with E-state index in [0.717, 1.165) is 28.4 Å². The molecule has 0 bridgehead atoms. The summed E-state index contributed by atoms with van der Waals surface area (Å²) in [7, 11) is 0. The van der Waals surface area contributed by atoms with Crippen LogP contribution in [0.4, 0.5) is 0 Å².